The molecule has 15 nitrogen and oxygen atoms in total. The standard InChI is InChI=1S/C35H21Cl2F8N5O10/c1-46(2)27-17(49(56)57)7-11(8-18(27)50(58)59)47-29(52)14-5-4-13-16(20(14)30(47)53)10-33(36)31(54)48(28-25(41)23(39)22(38)24(40)26(28)42)32(55)34(33,37)21(13)15-9-12(3-6-19(15)51)60-35(43,44)45/h3-4,6-9,14,16,20-21,51H,5,10H2,1-2H3. The summed E-state index contributed by atoms with van der Waals surface area (Å²) in [6.07, 6.45) is -5.84. The molecule has 2 heterocycles. The fourth-order valence-corrected chi connectivity index (χ4v) is 9.51. The van der Waals surface area contributed by atoms with E-state index in [1.807, 2.05) is 0 Å². The summed E-state index contributed by atoms with van der Waals surface area (Å²) < 4.78 is 118. The van der Waals surface area contributed by atoms with Gasteiger partial charge < -0.3 is 14.7 Å². The highest BCUT2D eigenvalue weighted by atomic mass is 35.5. The molecule has 2 aliphatic carbocycles. The number of phenols is 1. The van der Waals surface area contributed by atoms with Crippen LogP contribution in [0.4, 0.5) is 63.6 Å². The Labute approximate surface area is 338 Å². The van der Waals surface area contributed by atoms with Crippen LogP contribution in [0.1, 0.15) is 24.3 Å². The van der Waals surface area contributed by atoms with Crippen LogP contribution in [-0.2, 0) is 19.2 Å². The number of nitro groups is 2. The molecule has 60 heavy (non-hydrogen) atoms. The molecule has 0 aromatic heterocycles. The van der Waals surface area contributed by atoms with Gasteiger partial charge in [-0.25, -0.2) is 31.8 Å². The van der Waals surface area contributed by atoms with Gasteiger partial charge in [0.15, 0.2) is 38.7 Å². The van der Waals surface area contributed by atoms with Crippen LogP contribution >= 0.6 is 23.2 Å². The molecule has 6 unspecified atom stereocenters. The lowest BCUT2D eigenvalue weighted by Crippen LogP contribution is -2.60. The number of anilines is 3. The highest BCUT2D eigenvalue weighted by Crippen LogP contribution is 2.67. The van der Waals surface area contributed by atoms with Crippen molar-refractivity contribution in [1.29, 1.82) is 0 Å². The number of rotatable bonds is 7. The van der Waals surface area contributed by atoms with Crippen LogP contribution in [0.3, 0.4) is 0 Å². The van der Waals surface area contributed by atoms with Crippen LogP contribution in [0.5, 0.6) is 11.5 Å². The lowest BCUT2D eigenvalue weighted by atomic mass is 9.56. The fourth-order valence-electron chi connectivity index (χ4n) is 8.58. The number of halogens is 10. The zero-order valence-electron chi connectivity index (χ0n) is 29.8. The van der Waals surface area contributed by atoms with Gasteiger partial charge in [0.2, 0.25) is 17.6 Å². The lowest BCUT2D eigenvalue weighted by molar-refractivity contribution is -0.392. The number of benzene rings is 3. The molecular weight excluding hydrogens is 873 g/mol. The third kappa shape index (κ3) is 5.75. The summed E-state index contributed by atoms with van der Waals surface area (Å²) in [6, 6.07) is 3.11. The first-order valence-corrected chi connectivity index (χ1v) is 17.6. The smallest absolute Gasteiger partial charge is 0.508 e. The van der Waals surface area contributed by atoms with Gasteiger partial charge in [-0.3, -0.25) is 39.4 Å². The zero-order chi connectivity index (χ0) is 44.5. The molecule has 0 bridgehead atoms. The molecule has 7 rings (SSSR count). The van der Waals surface area contributed by atoms with Crippen molar-refractivity contribution in [2.24, 2.45) is 17.8 Å². The number of alkyl halides is 5. The van der Waals surface area contributed by atoms with E-state index in [4.69, 9.17) is 23.2 Å². The van der Waals surface area contributed by atoms with Gasteiger partial charge in [-0.05, 0) is 37.0 Å². The summed E-state index contributed by atoms with van der Waals surface area (Å²) in [6.45, 7) is 0. The van der Waals surface area contributed by atoms with Crippen LogP contribution in [0.2, 0.25) is 0 Å². The van der Waals surface area contributed by atoms with E-state index in [1.165, 1.54) is 14.1 Å². The Balaban J connectivity index is 1.44. The third-order valence-corrected chi connectivity index (χ3v) is 12.3. The quantitative estimate of drug-likeness (QED) is 0.0391. The number of hydrogen-bond acceptors (Lipinski definition) is 11. The van der Waals surface area contributed by atoms with E-state index >= 15 is 8.78 Å². The molecule has 3 aromatic rings. The molecule has 3 fully saturated rings. The largest absolute Gasteiger partial charge is 0.573 e. The van der Waals surface area contributed by atoms with Crippen molar-refractivity contribution in [2.75, 3.05) is 28.8 Å². The number of fused-ring (bicyclic) bond motifs is 4. The summed E-state index contributed by atoms with van der Waals surface area (Å²) in [4.78, 5) is 74.0. The van der Waals surface area contributed by atoms with Crippen molar-refractivity contribution >= 4 is 75.3 Å². The Kier molecular flexibility index (Phi) is 9.61. The number of carbonyl (C=O) groups excluding carboxylic acids is 4. The van der Waals surface area contributed by atoms with E-state index in [0.717, 1.165) is 11.0 Å². The Bertz CT molecular complexity index is 2500. The Morgan fingerprint density at radius 3 is 1.90 bits per heavy atom. The summed E-state index contributed by atoms with van der Waals surface area (Å²) in [5.41, 5.74) is -6.26. The van der Waals surface area contributed by atoms with E-state index in [-0.39, 0.29) is 5.57 Å². The number of aromatic hydroxyl groups is 1. The maximum Gasteiger partial charge on any atom is 0.573 e. The summed E-state index contributed by atoms with van der Waals surface area (Å²) in [5, 5.41) is 35.3. The van der Waals surface area contributed by atoms with Gasteiger partial charge in [-0.2, -0.15) is 0 Å². The zero-order valence-corrected chi connectivity index (χ0v) is 31.3. The van der Waals surface area contributed by atoms with Gasteiger partial charge in [-0.15, -0.1) is 36.4 Å². The van der Waals surface area contributed by atoms with Gasteiger partial charge in [-0.1, -0.05) is 11.6 Å². The Morgan fingerprint density at radius 1 is 0.833 bits per heavy atom. The second-order valence-electron chi connectivity index (χ2n) is 14.2. The molecule has 3 aromatic carbocycles. The van der Waals surface area contributed by atoms with Crippen molar-refractivity contribution in [3.05, 3.63) is 96.9 Å². The van der Waals surface area contributed by atoms with E-state index in [1.54, 1.807) is 0 Å². The van der Waals surface area contributed by atoms with Gasteiger partial charge in [0, 0.05) is 37.7 Å². The van der Waals surface area contributed by atoms with Gasteiger partial charge in [0.05, 0.1) is 27.4 Å². The van der Waals surface area contributed by atoms with Crippen molar-refractivity contribution < 1.29 is 74.0 Å². The summed E-state index contributed by atoms with van der Waals surface area (Å²) in [7, 11) is 2.48. The molecule has 1 saturated carbocycles. The van der Waals surface area contributed by atoms with Crippen molar-refractivity contribution in [2.45, 2.75) is 34.9 Å². The minimum absolute atomic E-state index is 0.301. The number of amides is 4. The first kappa shape index (κ1) is 42.0. The van der Waals surface area contributed by atoms with E-state index < -0.39 is 166 Å². The van der Waals surface area contributed by atoms with Crippen LogP contribution in [0.25, 0.3) is 0 Å². The van der Waals surface area contributed by atoms with Crippen molar-refractivity contribution in [3.8, 4) is 11.5 Å². The summed E-state index contributed by atoms with van der Waals surface area (Å²) >= 11 is 13.9. The normalized spacial score (nSPS) is 26.2. The average molecular weight is 894 g/mol. The second-order valence-corrected chi connectivity index (χ2v) is 15.5. The minimum atomic E-state index is -5.38. The second kappa shape index (κ2) is 13.7. The minimum Gasteiger partial charge on any atom is -0.508 e. The molecule has 25 heteroatoms. The Morgan fingerprint density at radius 2 is 1.38 bits per heavy atom. The highest BCUT2D eigenvalue weighted by molar-refractivity contribution is 6.58. The predicted octanol–water partition coefficient (Wildman–Crippen LogP) is 6.64. The van der Waals surface area contributed by atoms with Crippen molar-refractivity contribution in [3.63, 3.8) is 0 Å². The molecule has 1 N–H and O–H groups in total. The lowest BCUT2D eigenvalue weighted by Gasteiger charge is -2.50. The molecule has 4 aliphatic rings. The molecule has 0 spiro atoms. The molecule has 4 amide bonds. The van der Waals surface area contributed by atoms with Crippen LogP contribution in [0.15, 0.2) is 42.0 Å². The number of hydrogen-bond donors (Lipinski definition) is 1. The predicted molar refractivity (Wildman–Crippen MR) is 188 cm³/mol. The van der Waals surface area contributed by atoms with E-state index in [9.17, 15) is 70.9 Å². The number of allylic oxidation sites excluding steroid dienone is 2. The first-order chi connectivity index (χ1) is 27.8. The van der Waals surface area contributed by atoms with Crippen LogP contribution < -0.4 is 19.4 Å². The average Bonchev–Trinajstić information content (AvgIpc) is 3.50. The van der Waals surface area contributed by atoms with E-state index in [2.05, 4.69) is 4.74 Å². The van der Waals surface area contributed by atoms with E-state index in [0.29, 0.717) is 35.2 Å². The van der Waals surface area contributed by atoms with Gasteiger partial charge in [0.25, 0.3) is 11.8 Å². The number of phenolic OH excluding ortho intramolecular Hbond substituents is 1. The first-order valence-electron chi connectivity index (χ1n) is 16.9. The monoisotopic (exact) mass is 893 g/mol. The van der Waals surface area contributed by atoms with Crippen LogP contribution in [0, 0.1) is 67.1 Å². The van der Waals surface area contributed by atoms with Crippen molar-refractivity contribution in [1.82, 2.24) is 0 Å². The van der Waals surface area contributed by atoms with Gasteiger partial charge in [0.1, 0.15) is 17.2 Å². The molecule has 316 valence electrons. The molecule has 0 radical (unpaired) electrons. The third-order valence-electron chi connectivity index (χ3n) is 10.9. The van der Waals surface area contributed by atoms with Gasteiger partial charge >= 0.3 is 17.7 Å². The number of nitro benzene ring substituents is 2. The molecule has 2 aliphatic heterocycles. The number of ether oxygens (including phenoxy) is 1. The highest BCUT2D eigenvalue weighted by Gasteiger charge is 2.77. The molecule has 2 saturated heterocycles. The number of imide groups is 2. The summed E-state index contributed by atoms with van der Waals surface area (Å²) in [5.74, 6) is -28.8. The fraction of sp³-hybridized carbons (Fsp3) is 0.314. The SMILES string of the molecule is CN(C)c1c([N+](=O)[O-])cc(N2C(=O)C3CC=C4C(CC5(Cl)C(=O)N(c6c(F)c(F)c(F)c(F)c6F)C(=O)C5(Cl)C4c4cc(OC(F)(F)F)ccc4O)C3C2=O)cc1[N+](=O)[O-]. The maximum atomic E-state index is 15.3. The molecular formula is C35H21Cl2F8N5O10. The maximum absolute atomic E-state index is 15.3. The molecule has 6 atom stereocenters. The topological polar surface area (TPSA) is 194 Å². The van der Waals surface area contributed by atoms with Crippen LogP contribution in [-0.4, -0.2) is 68.8 Å². The Hall–Kier alpha value is -6.10. The number of nitrogens with zero attached hydrogens (tertiary/aromatic N) is 5. The number of carbonyl (C=O) groups is 4.